The zero-order valence-electron chi connectivity index (χ0n) is 11.8. The van der Waals surface area contributed by atoms with Gasteiger partial charge in [-0.1, -0.05) is 6.07 Å². The van der Waals surface area contributed by atoms with Crippen LogP contribution in [-0.2, 0) is 19.3 Å². The van der Waals surface area contributed by atoms with Gasteiger partial charge in [-0.3, -0.25) is 0 Å². The molecule has 0 radical (unpaired) electrons. The van der Waals surface area contributed by atoms with Crippen molar-refractivity contribution in [3.05, 3.63) is 51.2 Å². The lowest BCUT2D eigenvalue weighted by Crippen LogP contribution is -2.05. The predicted molar refractivity (Wildman–Crippen MR) is 77.6 cm³/mol. The topological polar surface area (TPSA) is 21.3 Å². The second kappa shape index (κ2) is 6.49. The van der Waals surface area contributed by atoms with Crippen LogP contribution in [0.3, 0.4) is 0 Å². The molecule has 0 amide bonds. The Morgan fingerprint density at radius 2 is 2.00 bits per heavy atom. The fraction of sp³-hybridized carbons (Fsp3) is 0.333. The van der Waals surface area contributed by atoms with Gasteiger partial charge in [-0.05, 0) is 38.2 Å². The highest BCUT2D eigenvalue weighted by molar-refractivity contribution is 7.12. The highest BCUT2D eigenvalue weighted by atomic mass is 32.1. The van der Waals surface area contributed by atoms with Crippen molar-refractivity contribution in [2.75, 3.05) is 7.05 Å². The van der Waals surface area contributed by atoms with E-state index in [1.54, 1.807) is 11.3 Å². The third-order valence-electron chi connectivity index (χ3n) is 2.98. The van der Waals surface area contributed by atoms with E-state index >= 15 is 0 Å². The lowest BCUT2D eigenvalue weighted by molar-refractivity contribution is -0.137. The summed E-state index contributed by atoms with van der Waals surface area (Å²) in [6, 6.07) is 6.96. The standard InChI is InChI=1S/C15H16F3NOS/c1-10-11(6-14(21-10)8-19-2)9-20-13-5-3-4-12(7-13)15(16,17)18/h3-7,19H,8-9H2,1-2H3. The largest absolute Gasteiger partial charge is 0.489 e. The van der Waals surface area contributed by atoms with Crippen molar-refractivity contribution in [2.24, 2.45) is 0 Å². The second-order valence-electron chi connectivity index (χ2n) is 4.64. The normalized spacial score (nSPS) is 11.7. The molecule has 2 rings (SSSR count). The fourth-order valence-corrected chi connectivity index (χ4v) is 2.98. The molecule has 0 aliphatic heterocycles. The first kappa shape index (κ1) is 15.9. The minimum absolute atomic E-state index is 0.227. The predicted octanol–water partition coefficient (Wildman–Crippen LogP) is 4.37. The van der Waals surface area contributed by atoms with E-state index < -0.39 is 11.7 Å². The van der Waals surface area contributed by atoms with Gasteiger partial charge in [-0.2, -0.15) is 13.2 Å². The number of aryl methyl sites for hydroxylation is 1. The monoisotopic (exact) mass is 315 g/mol. The lowest BCUT2D eigenvalue weighted by Gasteiger charge is -2.10. The van der Waals surface area contributed by atoms with Gasteiger partial charge in [0.1, 0.15) is 12.4 Å². The van der Waals surface area contributed by atoms with Crippen LogP contribution < -0.4 is 10.1 Å². The Kier molecular flexibility index (Phi) is 4.90. The molecule has 1 aromatic carbocycles. The van der Waals surface area contributed by atoms with Crippen LogP contribution in [0.15, 0.2) is 30.3 Å². The number of hydrogen-bond acceptors (Lipinski definition) is 3. The van der Waals surface area contributed by atoms with Gasteiger partial charge >= 0.3 is 6.18 Å². The molecule has 0 unspecified atom stereocenters. The minimum Gasteiger partial charge on any atom is -0.489 e. The molecular weight excluding hydrogens is 299 g/mol. The molecule has 21 heavy (non-hydrogen) atoms. The molecular formula is C15H16F3NOS. The van der Waals surface area contributed by atoms with Gasteiger partial charge in [0.25, 0.3) is 0 Å². The Morgan fingerprint density at radius 3 is 2.67 bits per heavy atom. The highest BCUT2D eigenvalue weighted by Gasteiger charge is 2.30. The van der Waals surface area contributed by atoms with E-state index in [0.29, 0.717) is 0 Å². The van der Waals surface area contributed by atoms with Crippen LogP contribution in [0, 0.1) is 6.92 Å². The van der Waals surface area contributed by atoms with Gasteiger partial charge < -0.3 is 10.1 Å². The van der Waals surface area contributed by atoms with E-state index in [9.17, 15) is 13.2 Å². The lowest BCUT2D eigenvalue weighted by atomic mass is 10.2. The van der Waals surface area contributed by atoms with Crippen LogP contribution in [0.5, 0.6) is 5.75 Å². The maximum atomic E-state index is 12.6. The zero-order chi connectivity index (χ0) is 15.5. The van der Waals surface area contributed by atoms with Gasteiger partial charge in [0.2, 0.25) is 0 Å². The smallest absolute Gasteiger partial charge is 0.416 e. The number of hydrogen-bond donors (Lipinski definition) is 1. The number of alkyl halides is 3. The maximum Gasteiger partial charge on any atom is 0.416 e. The quantitative estimate of drug-likeness (QED) is 0.884. The van der Waals surface area contributed by atoms with Crippen LogP contribution in [0.2, 0.25) is 0 Å². The zero-order valence-corrected chi connectivity index (χ0v) is 12.6. The minimum atomic E-state index is -4.35. The molecule has 0 saturated carbocycles. The summed E-state index contributed by atoms with van der Waals surface area (Å²) in [7, 11) is 1.87. The van der Waals surface area contributed by atoms with Crippen molar-refractivity contribution in [3.63, 3.8) is 0 Å². The van der Waals surface area contributed by atoms with Gasteiger partial charge in [0, 0.05) is 21.9 Å². The number of rotatable bonds is 5. The molecule has 0 fully saturated rings. The Bertz CT molecular complexity index is 607. The Hall–Kier alpha value is -1.53. The number of ether oxygens (including phenoxy) is 1. The second-order valence-corrected chi connectivity index (χ2v) is 5.98. The number of halogens is 3. The highest BCUT2D eigenvalue weighted by Crippen LogP contribution is 2.31. The summed E-state index contributed by atoms with van der Waals surface area (Å²) in [6.07, 6.45) is -4.35. The summed E-state index contributed by atoms with van der Waals surface area (Å²) in [6.45, 7) is 3.02. The van der Waals surface area contributed by atoms with Crippen LogP contribution >= 0.6 is 11.3 Å². The molecule has 0 saturated heterocycles. The Balaban J connectivity index is 2.06. The summed E-state index contributed by atoms with van der Waals surface area (Å²) in [5.41, 5.74) is 0.306. The van der Waals surface area contributed by atoms with Crippen molar-refractivity contribution in [1.29, 1.82) is 0 Å². The summed E-state index contributed by atoms with van der Waals surface area (Å²) >= 11 is 1.66. The van der Waals surface area contributed by atoms with Crippen molar-refractivity contribution in [3.8, 4) is 5.75 Å². The van der Waals surface area contributed by atoms with Gasteiger partial charge in [0.15, 0.2) is 0 Å². The molecule has 0 atom stereocenters. The van der Waals surface area contributed by atoms with Crippen molar-refractivity contribution in [2.45, 2.75) is 26.3 Å². The average molecular weight is 315 g/mol. The SMILES string of the molecule is CNCc1cc(COc2cccc(C(F)(F)F)c2)c(C)s1. The first-order chi connectivity index (χ1) is 9.90. The van der Waals surface area contributed by atoms with Crippen molar-refractivity contribution >= 4 is 11.3 Å². The first-order valence-corrected chi connectivity index (χ1v) is 7.24. The summed E-state index contributed by atoms with van der Waals surface area (Å²) in [5.74, 6) is 0.227. The van der Waals surface area contributed by atoms with Gasteiger partial charge in [-0.25, -0.2) is 0 Å². The van der Waals surface area contributed by atoms with Gasteiger partial charge in [0.05, 0.1) is 5.56 Å². The Morgan fingerprint density at radius 1 is 1.24 bits per heavy atom. The van der Waals surface area contributed by atoms with E-state index in [0.717, 1.165) is 29.1 Å². The molecule has 1 aromatic heterocycles. The fourth-order valence-electron chi connectivity index (χ4n) is 1.92. The molecule has 2 nitrogen and oxygen atoms in total. The van der Waals surface area contributed by atoms with E-state index in [1.807, 2.05) is 20.0 Å². The summed E-state index contributed by atoms with van der Waals surface area (Å²) in [5, 5.41) is 3.07. The van der Waals surface area contributed by atoms with E-state index in [4.69, 9.17) is 4.74 Å². The molecule has 0 aliphatic rings. The van der Waals surface area contributed by atoms with Crippen LogP contribution in [0.1, 0.15) is 20.9 Å². The number of nitrogens with one attached hydrogen (secondary N) is 1. The van der Waals surface area contributed by atoms with Gasteiger partial charge in [-0.15, -0.1) is 11.3 Å². The molecule has 0 spiro atoms. The van der Waals surface area contributed by atoms with E-state index in [2.05, 4.69) is 5.32 Å². The van der Waals surface area contributed by atoms with Crippen LogP contribution in [-0.4, -0.2) is 7.05 Å². The molecule has 1 heterocycles. The van der Waals surface area contributed by atoms with E-state index in [1.165, 1.54) is 17.0 Å². The van der Waals surface area contributed by atoms with Crippen molar-refractivity contribution < 1.29 is 17.9 Å². The first-order valence-electron chi connectivity index (χ1n) is 6.43. The molecule has 0 aliphatic carbocycles. The summed E-state index contributed by atoms with van der Waals surface area (Å²) in [4.78, 5) is 2.30. The average Bonchev–Trinajstić information content (AvgIpc) is 2.76. The van der Waals surface area contributed by atoms with Crippen molar-refractivity contribution in [1.82, 2.24) is 5.32 Å². The molecule has 6 heteroatoms. The van der Waals surface area contributed by atoms with Crippen LogP contribution in [0.4, 0.5) is 13.2 Å². The van der Waals surface area contributed by atoms with E-state index in [-0.39, 0.29) is 12.4 Å². The molecule has 2 aromatic rings. The molecule has 1 N–H and O–H groups in total. The Labute approximate surface area is 125 Å². The van der Waals surface area contributed by atoms with Crippen LogP contribution in [0.25, 0.3) is 0 Å². The molecule has 0 bridgehead atoms. The summed E-state index contributed by atoms with van der Waals surface area (Å²) < 4.78 is 43.4. The number of thiophene rings is 1. The maximum absolute atomic E-state index is 12.6. The third-order valence-corrected chi connectivity index (χ3v) is 4.07. The number of benzene rings is 1. The molecule has 114 valence electrons. The third kappa shape index (κ3) is 4.22.